The number of nitrogens with two attached hydrogens (primary N) is 1. The average molecular weight is 288 g/mol. The topological polar surface area (TPSA) is 80.9 Å². The molecule has 1 heterocycles. The van der Waals surface area contributed by atoms with Crippen LogP contribution in [0.3, 0.4) is 0 Å². The van der Waals surface area contributed by atoms with E-state index >= 15 is 0 Å². The van der Waals surface area contributed by atoms with Gasteiger partial charge in [-0.2, -0.15) is 13.2 Å². The van der Waals surface area contributed by atoms with Gasteiger partial charge < -0.3 is 11.1 Å². The van der Waals surface area contributed by atoms with Crippen LogP contribution in [0.1, 0.15) is 31.4 Å². The predicted molar refractivity (Wildman–Crippen MR) is 65.6 cm³/mol. The van der Waals surface area contributed by atoms with Crippen LogP contribution >= 0.6 is 0 Å². The number of primary amides is 1. The number of aromatic nitrogens is 2. The molecule has 0 aromatic carbocycles. The van der Waals surface area contributed by atoms with Crippen LogP contribution in [0.15, 0.2) is 12.3 Å². The van der Waals surface area contributed by atoms with Gasteiger partial charge in [0.1, 0.15) is 5.69 Å². The second-order valence-electron chi connectivity index (χ2n) is 4.86. The molecule has 1 aliphatic carbocycles. The van der Waals surface area contributed by atoms with Crippen molar-refractivity contribution in [2.45, 2.75) is 37.9 Å². The van der Waals surface area contributed by atoms with Crippen molar-refractivity contribution in [3.05, 3.63) is 18.0 Å². The Morgan fingerprint density at radius 2 is 1.95 bits per heavy atom. The van der Waals surface area contributed by atoms with E-state index in [1.54, 1.807) is 0 Å². The van der Waals surface area contributed by atoms with Gasteiger partial charge in [-0.25, -0.2) is 9.97 Å². The minimum absolute atomic E-state index is 0.0333. The smallest absolute Gasteiger partial charge is 0.369 e. The van der Waals surface area contributed by atoms with Gasteiger partial charge in [-0.15, -0.1) is 0 Å². The molecule has 1 fully saturated rings. The molecule has 0 spiro atoms. The van der Waals surface area contributed by atoms with Crippen molar-refractivity contribution in [3.8, 4) is 0 Å². The van der Waals surface area contributed by atoms with E-state index in [0.717, 1.165) is 12.3 Å². The van der Waals surface area contributed by atoms with Gasteiger partial charge >= 0.3 is 6.18 Å². The molecule has 5 nitrogen and oxygen atoms in total. The maximum absolute atomic E-state index is 12.5. The minimum Gasteiger partial charge on any atom is -0.369 e. The minimum atomic E-state index is -4.48. The van der Waals surface area contributed by atoms with Gasteiger partial charge in [-0.05, 0) is 31.7 Å². The van der Waals surface area contributed by atoms with Crippen LogP contribution in [0.25, 0.3) is 0 Å². The molecule has 1 aromatic heterocycles. The number of amides is 1. The van der Waals surface area contributed by atoms with Crippen LogP contribution in [-0.4, -0.2) is 21.9 Å². The fourth-order valence-corrected chi connectivity index (χ4v) is 2.29. The van der Waals surface area contributed by atoms with Crippen molar-refractivity contribution in [1.29, 1.82) is 0 Å². The Hall–Kier alpha value is -1.86. The maximum atomic E-state index is 12.5. The van der Waals surface area contributed by atoms with Crippen molar-refractivity contribution in [2.75, 3.05) is 5.32 Å². The van der Waals surface area contributed by atoms with E-state index < -0.39 is 11.9 Å². The zero-order valence-corrected chi connectivity index (χ0v) is 10.7. The summed E-state index contributed by atoms with van der Waals surface area (Å²) in [5, 5.41) is 2.88. The molecule has 20 heavy (non-hydrogen) atoms. The quantitative estimate of drug-likeness (QED) is 0.890. The monoisotopic (exact) mass is 288 g/mol. The Morgan fingerprint density at radius 3 is 2.50 bits per heavy atom. The van der Waals surface area contributed by atoms with Crippen molar-refractivity contribution in [1.82, 2.24) is 9.97 Å². The van der Waals surface area contributed by atoms with Crippen LogP contribution in [0.5, 0.6) is 0 Å². The van der Waals surface area contributed by atoms with Gasteiger partial charge in [0.25, 0.3) is 0 Å². The number of nitrogens with one attached hydrogen (secondary N) is 1. The molecule has 8 heteroatoms. The molecule has 2 rings (SSSR count). The van der Waals surface area contributed by atoms with Crippen LogP contribution in [0.4, 0.5) is 19.1 Å². The number of nitrogens with zero attached hydrogens (tertiary/aromatic N) is 2. The van der Waals surface area contributed by atoms with E-state index in [-0.39, 0.29) is 23.8 Å². The molecule has 1 amide bonds. The second-order valence-corrected chi connectivity index (χ2v) is 4.86. The van der Waals surface area contributed by atoms with E-state index in [9.17, 15) is 18.0 Å². The highest BCUT2D eigenvalue weighted by atomic mass is 19.4. The molecular weight excluding hydrogens is 273 g/mol. The summed E-state index contributed by atoms with van der Waals surface area (Å²) in [5.74, 6) is -0.503. The lowest BCUT2D eigenvalue weighted by Crippen LogP contribution is -2.33. The lowest BCUT2D eigenvalue weighted by atomic mass is 9.86. The normalized spacial score (nSPS) is 23.4. The SMILES string of the molecule is NC(=O)C1CCC(Nc2nccc(C(F)(F)F)n2)CC1. The zero-order chi connectivity index (χ0) is 14.8. The first kappa shape index (κ1) is 14.5. The van der Waals surface area contributed by atoms with Crippen LogP contribution in [0, 0.1) is 5.92 Å². The van der Waals surface area contributed by atoms with E-state index in [4.69, 9.17) is 5.73 Å². The molecule has 0 aliphatic heterocycles. The lowest BCUT2D eigenvalue weighted by Gasteiger charge is -2.27. The van der Waals surface area contributed by atoms with Crippen LogP contribution in [0.2, 0.25) is 0 Å². The van der Waals surface area contributed by atoms with Crippen molar-refractivity contribution in [2.24, 2.45) is 11.7 Å². The fraction of sp³-hybridized carbons (Fsp3) is 0.583. The Morgan fingerprint density at radius 1 is 1.30 bits per heavy atom. The molecule has 1 aliphatic rings. The number of halogens is 3. The van der Waals surface area contributed by atoms with Crippen LogP contribution in [-0.2, 0) is 11.0 Å². The van der Waals surface area contributed by atoms with Gasteiger partial charge in [0, 0.05) is 18.2 Å². The van der Waals surface area contributed by atoms with E-state index in [2.05, 4.69) is 15.3 Å². The van der Waals surface area contributed by atoms with Gasteiger partial charge in [0.15, 0.2) is 0 Å². The number of anilines is 1. The fourth-order valence-electron chi connectivity index (χ4n) is 2.29. The molecule has 0 radical (unpaired) electrons. The third-order valence-electron chi connectivity index (χ3n) is 3.41. The first-order valence-corrected chi connectivity index (χ1v) is 6.32. The third kappa shape index (κ3) is 3.58. The van der Waals surface area contributed by atoms with Crippen molar-refractivity contribution >= 4 is 11.9 Å². The highest BCUT2D eigenvalue weighted by Gasteiger charge is 2.33. The summed E-state index contributed by atoms with van der Waals surface area (Å²) in [5.41, 5.74) is 4.25. The standard InChI is InChI=1S/C12H15F3N4O/c13-12(14,15)9-5-6-17-11(19-9)18-8-3-1-7(2-4-8)10(16)20/h5-8H,1-4H2,(H2,16,20)(H,17,18,19). The number of hydrogen-bond donors (Lipinski definition) is 2. The maximum Gasteiger partial charge on any atom is 0.433 e. The second kappa shape index (κ2) is 5.64. The van der Waals surface area contributed by atoms with Gasteiger partial charge in [-0.1, -0.05) is 0 Å². The number of carbonyl (C=O) groups is 1. The summed E-state index contributed by atoms with van der Waals surface area (Å²) in [6, 6.07) is 0.795. The largest absolute Gasteiger partial charge is 0.433 e. The predicted octanol–water partition coefficient (Wildman–Crippen LogP) is 1.95. The molecule has 0 saturated heterocycles. The summed E-state index contributed by atoms with van der Waals surface area (Å²) in [6.45, 7) is 0. The Bertz CT molecular complexity index is 484. The van der Waals surface area contributed by atoms with Gasteiger partial charge in [-0.3, -0.25) is 4.79 Å². The summed E-state index contributed by atoms with van der Waals surface area (Å²) in [7, 11) is 0. The number of rotatable bonds is 3. The summed E-state index contributed by atoms with van der Waals surface area (Å²) in [4.78, 5) is 18.3. The number of carbonyl (C=O) groups excluding carboxylic acids is 1. The van der Waals surface area contributed by atoms with Crippen molar-refractivity contribution < 1.29 is 18.0 Å². The highest BCUT2D eigenvalue weighted by molar-refractivity contribution is 5.76. The molecule has 110 valence electrons. The van der Waals surface area contributed by atoms with Gasteiger partial charge in [0.2, 0.25) is 11.9 Å². The summed E-state index contributed by atoms with van der Waals surface area (Å²) >= 11 is 0. The Labute approximate surface area is 113 Å². The molecule has 3 N–H and O–H groups in total. The molecular formula is C12H15F3N4O. The number of alkyl halides is 3. The molecule has 1 aromatic rings. The lowest BCUT2D eigenvalue weighted by molar-refractivity contribution is -0.141. The third-order valence-corrected chi connectivity index (χ3v) is 3.41. The first-order chi connectivity index (χ1) is 9.36. The summed E-state index contributed by atoms with van der Waals surface area (Å²) < 4.78 is 37.6. The zero-order valence-electron chi connectivity index (χ0n) is 10.7. The average Bonchev–Trinajstić information content (AvgIpc) is 2.38. The van der Waals surface area contributed by atoms with Crippen molar-refractivity contribution in [3.63, 3.8) is 0 Å². The van der Waals surface area contributed by atoms with E-state index in [1.165, 1.54) is 0 Å². The highest BCUT2D eigenvalue weighted by Crippen LogP contribution is 2.29. The molecule has 0 unspecified atom stereocenters. The van der Waals surface area contributed by atoms with E-state index in [0.29, 0.717) is 25.7 Å². The molecule has 1 saturated carbocycles. The van der Waals surface area contributed by atoms with Crippen LogP contribution < -0.4 is 11.1 Å². The molecule has 0 bridgehead atoms. The Balaban J connectivity index is 1.96. The molecule has 0 atom stereocenters. The first-order valence-electron chi connectivity index (χ1n) is 6.32. The van der Waals surface area contributed by atoms with E-state index in [1.807, 2.05) is 0 Å². The van der Waals surface area contributed by atoms with Gasteiger partial charge in [0.05, 0.1) is 0 Å². The summed E-state index contributed by atoms with van der Waals surface area (Å²) in [6.07, 6.45) is -0.825. The number of hydrogen-bond acceptors (Lipinski definition) is 4. The Kier molecular flexibility index (Phi) is 4.10.